The van der Waals surface area contributed by atoms with Gasteiger partial charge in [-0.05, 0) is 70.1 Å². The van der Waals surface area contributed by atoms with E-state index in [1.54, 1.807) is 18.3 Å². The van der Waals surface area contributed by atoms with Crippen molar-refractivity contribution in [3.05, 3.63) is 28.8 Å². The molecular formula is C23H36N2O4. The highest BCUT2D eigenvalue weighted by atomic mass is 16.6. The predicted molar refractivity (Wildman–Crippen MR) is 118 cm³/mol. The second-order valence-electron chi connectivity index (χ2n) is 8.38. The number of nitrogens with two attached hydrogens (primary N) is 1. The van der Waals surface area contributed by atoms with Crippen LogP contribution in [0.25, 0.3) is 0 Å². The topological polar surface area (TPSA) is 102 Å². The Morgan fingerprint density at radius 1 is 1.24 bits per heavy atom. The number of aliphatic imine (C=N–C) groups is 1. The van der Waals surface area contributed by atoms with Crippen LogP contribution < -0.4 is 5.73 Å². The number of carbonyl (C=O) groups is 2. The van der Waals surface area contributed by atoms with E-state index in [0.29, 0.717) is 42.1 Å². The van der Waals surface area contributed by atoms with Crippen LogP contribution in [-0.4, -0.2) is 35.4 Å². The fraction of sp³-hybridized carbons (Fsp3) is 0.609. The Hall–Kier alpha value is -2.37. The Balaban J connectivity index is 2.74. The zero-order valence-electron chi connectivity index (χ0n) is 18.5. The third-order valence-corrected chi connectivity index (χ3v) is 4.67. The van der Waals surface area contributed by atoms with Gasteiger partial charge in [-0.3, -0.25) is 9.79 Å². The highest BCUT2D eigenvalue weighted by Gasteiger charge is 2.17. The van der Waals surface area contributed by atoms with E-state index in [1.165, 1.54) is 0 Å². The molecule has 3 N–H and O–H groups in total. The van der Waals surface area contributed by atoms with Crippen molar-refractivity contribution in [2.75, 3.05) is 12.3 Å². The molecule has 1 unspecified atom stereocenters. The lowest BCUT2D eigenvalue weighted by molar-refractivity contribution is -0.154. The lowest BCUT2D eigenvalue weighted by atomic mass is 9.96. The standard InChI is InChI=1S/C23H36N2O4/c1-6-9-16(10-8-11-21(26)29-23(3,4)5)14-25-15-19-17(7-2)18(22(27)28)12-13-20(19)24/h12-13,15-16H,6-11,14,24H2,1-5H3,(H,27,28). The van der Waals surface area contributed by atoms with Crippen molar-refractivity contribution in [1.29, 1.82) is 0 Å². The molecular weight excluding hydrogens is 368 g/mol. The molecule has 1 atom stereocenters. The molecule has 6 heteroatoms. The van der Waals surface area contributed by atoms with Gasteiger partial charge in [0.1, 0.15) is 5.60 Å². The summed E-state index contributed by atoms with van der Waals surface area (Å²) in [5.41, 5.74) is 7.82. The number of aromatic carboxylic acids is 1. The van der Waals surface area contributed by atoms with Crippen molar-refractivity contribution >= 4 is 23.8 Å². The van der Waals surface area contributed by atoms with Crippen LogP contribution in [0.5, 0.6) is 0 Å². The normalized spacial score (nSPS) is 12.9. The van der Waals surface area contributed by atoms with Gasteiger partial charge in [0.05, 0.1) is 5.56 Å². The average Bonchev–Trinajstić information content (AvgIpc) is 2.60. The Bertz CT molecular complexity index is 720. The number of esters is 1. The number of nitrogens with zero attached hydrogens (tertiary/aromatic N) is 1. The van der Waals surface area contributed by atoms with Crippen molar-refractivity contribution in [2.24, 2.45) is 10.9 Å². The minimum Gasteiger partial charge on any atom is -0.478 e. The number of nitrogen functional groups attached to an aromatic ring is 1. The zero-order chi connectivity index (χ0) is 22.0. The van der Waals surface area contributed by atoms with Gasteiger partial charge in [-0.2, -0.15) is 0 Å². The minimum absolute atomic E-state index is 0.165. The number of carbonyl (C=O) groups excluding carboxylic acids is 1. The van der Waals surface area contributed by atoms with E-state index >= 15 is 0 Å². The van der Waals surface area contributed by atoms with Gasteiger partial charge in [0.15, 0.2) is 0 Å². The van der Waals surface area contributed by atoms with E-state index in [4.69, 9.17) is 10.5 Å². The van der Waals surface area contributed by atoms with Gasteiger partial charge in [-0.1, -0.05) is 20.3 Å². The van der Waals surface area contributed by atoms with E-state index in [9.17, 15) is 14.7 Å². The summed E-state index contributed by atoms with van der Waals surface area (Å²) in [4.78, 5) is 27.9. The molecule has 0 heterocycles. The quantitative estimate of drug-likeness (QED) is 0.311. The van der Waals surface area contributed by atoms with Crippen molar-refractivity contribution < 1.29 is 19.4 Å². The average molecular weight is 405 g/mol. The third-order valence-electron chi connectivity index (χ3n) is 4.67. The van der Waals surface area contributed by atoms with Crippen molar-refractivity contribution in [2.45, 2.75) is 78.7 Å². The number of benzene rings is 1. The van der Waals surface area contributed by atoms with Crippen LogP contribution in [-0.2, 0) is 16.0 Å². The summed E-state index contributed by atoms with van der Waals surface area (Å²) in [5.74, 6) is -0.753. The molecule has 0 aliphatic rings. The summed E-state index contributed by atoms with van der Waals surface area (Å²) in [7, 11) is 0. The number of ether oxygens (including phenoxy) is 1. The molecule has 0 spiro atoms. The molecule has 0 aromatic heterocycles. The predicted octanol–water partition coefficient (Wildman–Crippen LogP) is 4.88. The molecule has 0 fully saturated rings. The molecule has 162 valence electrons. The number of hydrogen-bond donors (Lipinski definition) is 2. The maximum atomic E-state index is 11.9. The van der Waals surface area contributed by atoms with Crippen LogP contribution in [0, 0.1) is 5.92 Å². The van der Waals surface area contributed by atoms with Crippen molar-refractivity contribution in [3.63, 3.8) is 0 Å². The number of hydrogen-bond acceptors (Lipinski definition) is 5. The van der Waals surface area contributed by atoms with Crippen LogP contribution in [0.15, 0.2) is 17.1 Å². The molecule has 1 aromatic rings. The first-order chi connectivity index (χ1) is 13.6. The Kier molecular flexibility index (Phi) is 9.86. The molecule has 0 amide bonds. The number of carboxylic acid groups (broad SMARTS) is 1. The van der Waals surface area contributed by atoms with E-state index in [1.807, 2.05) is 27.7 Å². The molecule has 1 aromatic carbocycles. The van der Waals surface area contributed by atoms with Crippen LogP contribution in [0.3, 0.4) is 0 Å². The number of rotatable bonds is 11. The Morgan fingerprint density at radius 2 is 1.93 bits per heavy atom. The van der Waals surface area contributed by atoms with Crippen LogP contribution >= 0.6 is 0 Å². The highest BCUT2D eigenvalue weighted by molar-refractivity contribution is 5.97. The summed E-state index contributed by atoms with van der Waals surface area (Å²) in [5, 5.41) is 9.39. The van der Waals surface area contributed by atoms with E-state index in [0.717, 1.165) is 25.7 Å². The van der Waals surface area contributed by atoms with Crippen LogP contribution in [0.4, 0.5) is 5.69 Å². The first-order valence-corrected chi connectivity index (χ1v) is 10.4. The van der Waals surface area contributed by atoms with Gasteiger partial charge in [-0.15, -0.1) is 0 Å². The number of anilines is 1. The van der Waals surface area contributed by atoms with Gasteiger partial charge in [0.25, 0.3) is 0 Å². The van der Waals surface area contributed by atoms with Crippen LogP contribution in [0.1, 0.15) is 88.2 Å². The van der Waals surface area contributed by atoms with Gasteiger partial charge in [0, 0.05) is 30.4 Å². The fourth-order valence-corrected chi connectivity index (χ4v) is 3.37. The molecule has 6 nitrogen and oxygen atoms in total. The Morgan fingerprint density at radius 3 is 2.48 bits per heavy atom. The lowest BCUT2D eigenvalue weighted by Gasteiger charge is -2.20. The molecule has 0 aliphatic carbocycles. The zero-order valence-corrected chi connectivity index (χ0v) is 18.5. The van der Waals surface area contributed by atoms with Gasteiger partial charge < -0.3 is 15.6 Å². The lowest BCUT2D eigenvalue weighted by Crippen LogP contribution is -2.23. The molecule has 0 radical (unpaired) electrons. The Labute approximate surface area is 174 Å². The summed E-state index contributed by atoms with van der Waals surface area (Å²) >= 11 is 0. The molecule has 0 aliphatic heterocycles. The largest absolute Gasteiger partial charge is 0.478 e. The third kappa shape index (κ3) is 8.67. The monoisotopic (exact) mass is 404 g/mol. The highest BCUT2D eigenvalue weighted by Crippen LogP contribution is 2.22. The first kappa shape index (κ1) is 24.7. The van der Waals surface area contributed by atoms with E-state index in [2.05, 4.69) is 11.9 Å². The second kappa shape index (κ2) is 11.6. The smallest absolute Gasteiger partial charge is 0.335 e. The van der Waals surface area contributed by atoms with E-state index in [-0.39, 0.29) is 11.5 Å². The van der Waals surface area contributed by atoms with Gasteiger partial charge in [-0.25, -0.2) is 4.79 Å². The summed E-state index contributed by atoms with van der Waals surface area (Å²) in [6.45, 7) is 10.3. The maximum absolute atomic E-state index is 11.9. The first-order valence-electron chi connectivity index (χ1n) is 10.4. The van der Waals surface area contributed by atoms with E-state index < -0.39 is 11.6 Å². The SMILES string of the molecule is CCCC(CCCC(=O)OC(C)(C)C)CN=Cc1c(N)ccc(C(=O)O)c1CC. The summed E-state index contributed by atoms with van der Waals surface area (Å²) < 4.78 is 5.36. The van der Waals surface area contributed by atoms with Crippen LogP contribution in [0.2, 0.25) is 0 Å². The van der Waals surface area contributed by atoms with Gasteiger partial charge in [0.2, 0.25) is 0 Å². The fourth-order valence-electron chi connectivity index (χ4n) is 3.37. The summed E-state index contributed by atoms with van der Waals surface area (Å²) in [6, 6.07) is 3.17. The molecule has 29 heavy (non-hydrogen) atoms. The van der Waals surface area contributed by atoms with Gasteiger partial charge >= 0.3 is 11.9 Å². The maximum Gasteiger partial charge on any atom is 0.335 e. The van der Waals surface area contributed by atoms with Crippen molar-refractivity contribution in [1.82, 2.24) is 0 Å². The van der Waals surface area contributed by atoms with Crippen molar-refractivity contribution in [3.8, 4) is 0 Å². The molecule has 0 bridgehead atoms. The minimum atomic E-state index is -0.956. The summed E-state index contributed by atoms with van der Waals surface area (Å²) in [6.07, 6.45) is 6.43. The number of carboxylic acids is 1. The molecule has 0 saturated heterocycles. The molecule has 1 rings (SSSR count). The second-order valence-corrected chi connectivity index (χ2v) is 8.38. The molecule has 0 saturated carbocycles.